The summed E-state index contributed by atoms with van der Waals surface area (Å²) in [5.74, 6) is 0.347. The highest BCUT2D eigenvalue weighted by atomic mass is 16.2. The highest BCUT2D eigenvalue weighted by Gasteiger charge is 2.29. The van der Waals surface area contributed by atoms with Crippen molar-refractivity contribution in [3.05, 3.63) is 0 Å². The summed E-state index contributed by atoms with van der Waals surface area (Å²) in [6.07, 6.45) is 8.56. The second-order valence-electron chi connectivity index (χ2n) is 6.74. The first-order valence-electron chi connectivity index (χ1n) is 8.32. The molecule has 4 heteroatoms. The van der Waals surface area contributed by atoms with Crippen molar-refractivity contribution in [2.75, 3.05) is 39.8 Å². The molecule has 0 unspecified atom stereocenters. The van der Waals surface area contributed by atoms with Gasteiger partial charge >= 0.3 is 0 Å². The summed E-state index contributed by atoms with van der Waals surface area (Å²) in [6.45, 7) is 6.93. The fourth-order valence-corrected chi connectivity index (χ4v) is 3.24. The summed E-state index contributed by atoms with van der Waals surface area (Å²) in [5.41, 5.74) is 0.264. The normalized spacial score (nSPS) is 25.0. The van der Waals surface area contributed by atoms with Crippen molar-refractivity contribution in [2.24, 2.45) is 0 Å². The fraction of sp³-hybridized carbons (Fsp3) is 0.938. The molecule has 2 heterocycles. The highest BCUT2D eigenvalue weighted by molar-refractivity contribution is 5.78. The maximum atomic E-state index is 12.4. The molecule has 2 saturated heterocycles. The van der Waals surface area contributed by atoms with Gasteiger partial charge in [0.2, 0.25) is 5.91 Å². The highest BCUT2D eigenvalue weighted by Crippen LogP contribution is 2.21. The molecule has 116 valence electrons. The SMILES string of the molecule is CNC1(C)CCN(CC(=O)N2CCCCCCC2)CC1. The standard InChI is InChI=1S/C16H31N3O/c1-16(17-2)8-12-18(13-9-16)14-15(20)19-10-6-4-3-5-7-11-19/h17H,3-14H2,1-2H3. The molecule has 1 amide bonds. The van der Waals surface area contributed by atoms with E-state index in [1.807, 2.05) is 7.05 Å². The molecule has 20 heavy (non-hydrogen) atoms. The number of carbonyl (C=O) groups is 1. The first-order valence-corrected chi connectivity index (χ1v) is 8.32. The lowest BCUT2D eigenvalue weighted by Crippen LogP contribution is -2.52. The van der Waals surface area contributed by atoms with Gasteiger partial charge in [-0.3, -0.25) is 9.69 Å². The minimum absolute atomic E-state index is 0.264. The van der Waals surface area contributed by atoms with Crippen LogP contribution in [0, 0.1) is 0 Å². The number of rotatable bonds is 3. The summed E-state index contributed by atoms with van der Waals surface area (Å²) in [5, 5.41) is 3.41. The van der Waals surface area contributed by atoms with Crippen LogP contribution >= 0.6 is 0 Å². The van der Waals surface area contributed by atoms with Gasteiger partial charge < -0.3 is 10.2 Å². The van der Waals surface area contributed by atoms with Gasteiger partial charge in [-0.05, 0) is 39.7 Å². The van der Waals surface area contributed by atoms with Crippen molar-refractivity contribution in [3.8, 4) is 0 Å². The van der Waals surface area contributed by atoms with Crippen LogP contribution in [0.5, 0.6) is 0 Å². The summed E-state index contributed by atoms with van der Waals surface area (Å²) in [6, 6.07) is 0. The second-order valence-corrected chi connectivity index (χ2v) is 6.74. The molecular weight excluding hydrogens is 250 g/mol. The first kappa shape index (κ1) is 15.8. The van der Waals surface area contributed by atoms with Crippen LogP contribution in [0.1, 0.15) is 51.9 Å². The van der Waals surface area contributed by atoms with E-state index in [2.05, 4.69) is 22.0 Å². The number of piperidine rings is 1. The number of hydrogen-bond donors (Lipinski definition) is 1. The Morgan fingerprint density at radius 1 is 1.00 bits per heavy atom. The number of likely N-dealkylation sites (tertiary alicyclic amines) is 2. The predicted molar refractivity (Wildman–Crippen MR) is 82.8 cm³/mol. The topological polar surface area (TPSA) is 35.6 Å². The van der Waals surface area contributed by atoms with E-state index in [9.17, 15) is 4.79 Å². The van der Waals surface area contributed by atoms with Crippen LogP contribution in [-0.2, 0) is 4.79 Å². The van der Waals surface area contributed by atoms with Gasteiger partial charge in [0.05, 0.1) is 6.54 Å². The van der Waals surface area contributed by atoms with Crippen molar-refractivity contribution in [2.45, 2.75) is 57.4 Å². The zero-order chi connectivity index (χ0) is 14.4. The van der Waals surface area contributed by atoms with Crippen molar-refractivity contribution >= 4 is 5.91 Å². The Balaban J connectivity index is 1.76. The van der Waals surface area contributed by atoms with Crippen molar-refractivity contribution in [3.63, 3.8) is 0 Å². The Morgan fingerprint density at radius 3 is 2.10 bits per heavy atom. The number of nitrogens with zero attached hydrogens (tertiary/aromatic N) is 2. The maximum absolute atomic E-state index is 12.4. The van der Waals surface area contributed by atoms with Crippen LogP contribution in [0.4, 0.5) is 0 Å². The number of hydrogen-bond acceptors (Lipinski definition) is 3. The molecule has 0 bridgehead atoms. The molecule has 0 aromatic rings. The van der Waals surface area contributed by atoms with Gasteiger partial charge in [-0.15, -0.1) is 0 Å². The molecule has 0 aromatic carbocycles. The average Bonchev–Trinajstić information content (AvgIpc) is 2.41. The lowest BCUT2D eigenvalue weighted by molar-refractivity contribution is -0.133. The molecule has 2 rings (SSSR count). The summed E-state index contributed by atoms with van der Waals surface area (Å²) in [4.78, 5) is 16.9. The second kappa shape index (κ2) is 7.41. The number of carbonyl (C=O) groups excluding carboxylic acids is 1. The van der Waals surface area contributed by atoms with Gasteiger partial charge in [0.1, 0.15) is 0 Å². The number of amides is 1. The molecule has 0 aliphatic carbocycles. The summed E-state index contributed by atoms with van der Waals surface area (Å²) < 4.78 is 0. The van der Waals surface area contributed by atoms with E-state index in [-0.39, 0.29) is 5.54 Å². The van der Waals surface area contributed by atoms with E-state index in [1.165, 1.54) is 32.1 Å². The van der Waals surface area contributed by atoms with Gasteiger partial charge in [0.15, 0.2) is 0 Å². The van der Waals surface area contributed by atoms with Gasteiger partial charge in [-0.1, -0.05) is 19.3 Å². The van der Waals surface area contributed by atoms with E-state index >= 15 is 0 Å². The van der Waals surface area contributed by atoms with Crippen LogP contribution in [-0.4, -0.2) is 61.0 Å². The molecule has 2 fully saturated rings. The van der Waals surface area contributed by atoms with Crippen molar-refractivity contribution < 1.29 is 4.79 Å². The molecule has 1 N–H and O–H groups in total. The van der Waals surface area contributed by atoms with E-state index in [1.54, 1.807) is 0 Å². The molecular formula is C16H31N3O. The molecule has 0 spiro atoms. The molecule has 2 aliphatic heterocycles. The van der Waals surface area contributed by atoms with Gasteiger partial charge in [0.25, 0.3) is 0 Å². The molecule has 4 nitrogen and oxygen atoms in total. The summed E-state index contributed by atoms with van der Waals surface area (Å²) in [7, 11) is 2.04. The first-order chi connectivity index (χ1) is 9.63. The molecule has 2 aliphatic rings. The third kappa shape index (κ3) is 4.45. The van der Waals surface area contributed by atoms with Crippen LogP contribution < -0.4 is 5.32 Å². The van der Waals surface area contributed by atoms with Gasteiger partial charge in [-0.25, -0.2) is 0 Å². The lowest BCUT2D eigenvalue weighted by Gasteiger charge is -2.39. The van der Waals surface area contributed by atoms with Crippen LogP contribution in [0.2, 0.25) is 0 Å². The minimum atomic E-state index is 0.264. The molecule has 0 saturated carbocycles. The monoisotopic (exact) mass is 281 g/mol. The zero-order valence-electron chi connectivity index (χ0n) is 13.3. The smallest absolute Gasteiger partial charge is 0.236 e. The third-order valence-corrected chi connectivity index (χ3v) is 5.13. The Hall–Kier alpha value is -0.610. The predicted octanol–water partition coefficient (Wildman–Crippen LogP) is 1.85. The Kier molecular flexibility index (Phi) is 5.85. The van der Waals surface area contributed by atoms with E-state index in [4.69, 9.17) is 0 Å². The van der Waals surface area contributed by atoms with Crippen molar-refractivity contribution in [1.82, 2.24) is 15.1 Å². The number of nitrogens with one attached hydrogen (secondary N) is 1. The maximum Gasteiger partial charge on any atom is 0.236 e. The molecule has 0 atom stereocenters. The van der Waals surface area contributed by atoms with Crippen LogP contribution in [0.25, 0.3) is 0 Å². The quantitative estimate of drug-likeness (QED) is 0.857. The van der Waals surface area contributed by atoms with Gasteiger partial charge in [-0.2, -0.15) is 0 Å². The minimum Gasteiger partial charge on any atom is -0.342 e. The summed E-state index contributed by atoms with van der Waals surface area (Å²) >= 11 is 0. The van der Waals surface area contributed by atoms with E-state index in [0.29, 0.717) is 12.5 Å². The average molecular weight is 281 g/mol. The van der Waals surface area contributed by atoms with Crippen LogP contribution in [0.3, 0.4) is 0 Å². The molecule has 0 radical (unpaired) electrons. The Labute approximate surface area is 123 Å². The fourth-order valence-electron chi connectivity index (χ4n) is 3.24. The van der Waals surface area contributed by atoms with E-state index < -0.39 is 0 Å². The third-order valence-electron chi connectivity index (χ3n) is 5.13. The Bertz CT molecular complexity index is 303. The van der Waals surface area contributed by atoms with Crippen molar-refractivity contribution in [1.29, 1.82) is 0 Å². The van der Waals surface area contributed by atoms with Gasteiger partial charge in [0, 0.05) is 31.7 Å². The molecule has 0 aromatic heterocycles. The van der Waals surface area contributed by atoms with E-state index in [0.717, 1.165) is 39.0 Å². The largest absolute Gasteiger partial charge is 0.342 e. The Morgan fingerprint density at radius 2 is 1.55 bits per heavy atom. The van der Waals surface area contributed by atoms with Crippen LogP contribution in [0.15, 0.2) is 0 Å². The zero-order valence-corrected chi connectivity index (χ0v) is 13.3. The lowest BCUT2D eigenvalue weighted by atomic mass is 9.90.